The summed E-state index contributed by atoms with van der Waals surface area (Å²) >= 11 is 0. The van der Waals surface area contributed by atoms with Gasteiger partial charge >= 0.3 is 0 Å². The Morgan fingerprint density at radius 1 is 0.897 bits per heavy atom. The van der Waals surface area contributed by atoms with E-state index in [9.17, 15) is 9.59 Å². The molecule has 0 aliphatic heterocycles. The van der Waals surface area contributed by atoms with E-state index in [1.54, 1.807) is 6.92 Å². The fraction of sp³-hybridized carbons (Fsp3) is 0.818. The quantitative estimate of drug-likeness (QED) is 0.283. The summed E-state index contributed by atoms with van der Waals surface area (Å²) in [6.07, 6.45) is 3.44. The molecule has 0 spiro atoms. The van der Waals surface area contributed by atoms with Crippen molar-refractivity contribution in [3.63, 3.8) is 0 Å². The van der Waals surface area contributed by atoms with Crippen LogP contribution in [0.25, 0.3) is 0 Å². The van der Waals surface area contributed by atoms with Crippen LogP contribution in [0.3, 0.4) is 0 Å². The molecule has 2 amide bonds. The number of rotatable bonds is 17. The number of nitrogens with one attached hydrogen (secondary N) is 2. The molecule has 1 aliphatic rings. The summed E-state index contributed by atoms with van der Waals surface area (Å²) in [5.74, 6) is 0.0685. The van der Waals surface area contributed by atoms with E-state index in [0.29, 0.717) is 58.3 Å². The highest BCUT2D eigenvalue weighted by molar-refractivity contribution is 5.92. The number of hydrogen-bond donors (Lipinski definition) is 2. The van der Waals surface area contributed by atoms with Crippen LogP contribution in [0.15, 0.2) is 12.2 Å². The number of carbonyl (C=O) groups is 2. The molecule has 7 nitrogen and oxygen atoms in total. The summed E-state index contributed by atoms with van der Waals surface area (Å²) in [6.45, 7) is 16.2. The highest BCUT2D eigenvalue weighted by Crippen LogP contribution is 2.65. The topological polar surface area (TPSA) is 85.9 Å². The van der Waals surface area contributed by atoms with E-state index < -0.39 is 0 Å². The van der Waals surface area contributed by atoms with Crippen molar-refractivity contribution in [1.82, 2.24) is 10.6 Å². The molecule has 0 aromatic heterocycles. The van der Waals surface area contributed by atoms with E-state index in [4.69, 9.17) is 14.2 Å². The number of hydrogen-bond acceptors (Lipinski definition) is 5. The first-order valence-electron chi connectivity index (χ1n) is 10.7. The predicted molar refractivity (Wildman–Crippen MR) is 114 cm³/mol. The van der Waals surface area contributed by atoms with Crippen molar-refractivity contribution >= 4 is 11.8 Å². The van der Waals surface area contributed by atoms with E-state index in [1.165, 1.54) is 0 Å². The zero-order valence-corrected chi connectivity index (χ0v) is 18.7. The lowest BCUT2D eigenvalue weighted by Gasteiger charge is -2.18. The van der Waals surface area contributed by atoms with Gasteiger partial charge in [0.05, 0.1) is 31.8 Å². The molecule has 7 heteroatoms. The summed E-state index contributed by atoms with van der Waals surface area (Å²) in [7, 11) is 0. The first kappa shape index (κ1) is 25.6. The summed E-state index contributed by atoms with van der Waals surface area (Å²) in [5.41, 5.74) is 0.477. The van der Waals surface area contributed by atoms with Crippen LogP contribution in [0.1, 0.15) is 53.4 Å². The molecule has 0 heterocycles. The monoisotopic (exact) mass is 412 g/mol. The Balaban J connectivity index is 1.82. The Hall–Kier alpha value is -1.44. The third kappa shape index (κ3) is 8.84. The van der Waals surface area contributed by atoms with Gasteiger partial charge in [0.25, 0.3) is 0 Å². The SMILES string of the molecule is C=C(C)C(=O)NCCCOCCOCCOCCCNC(=O)C1(CC)CC1(C)C. The zero-order chi connectivity index (χ0) is 21.8. The van der Waals surface area contributed by atoms with Gasteiger partial charge in [-0.15, -0.1) is 0 Å². The highest BCUT2D eigenvalue weighted by atomic mass is 16.5. The zero-order valence-electron chi connectivity index (χ0n) is 18.7. The fourth-order valence-electron chi connectivity index (χ4n) is 3.48. The summed E-state index contributed by atoms with van der Waals surface area (Å²) in [5, 5.41) is 5.80. The number of carbonyl (C=O) groups excluding carboxylic acids is 2. The Labute approximate surface area is 175 Å². The van der Waals surface area contributed by atoms with Crippen LogP contribution in [-0.4, -0.2) is 64.5 Å². The van der Waals surface area contributed by atoms with Gasteiger partial charge in [-0.05, 0) is 38.0 Å². The maximum atomic E-state index is 12.3. The molecule has 29 heavy (non-hydrogen) atoms. The lowest BCUT2D eigenvalue weighted by Crippen LogP contribution is -2.35. The van der Waals surface area contributed by atoms with E-state index >= 15 is 0 Å². The lowest BCUT2D eigenvalue weighted by molar-refractivity contribution is -0.127. The second kappa shape index (κ2) is 13.0. The lowest BCUT2D eigenvalue weighted by atomic mass is 9.92. The molecular weight excluding hydrogens is 372 g/mol. The van der Waals surface area contributed by atoms with Crippen molar-refractivity contribution in [1.29, 1.82) is 0 Å². The Kier molecular flexibility index (Phi) is 11.5. The van der Waals surface area contributed by atoms with Crippen molar-refractivity contribution in [3.8, 4) is 0 Å². The summed E-state index contributed by atoms with van der Waals surface area (Å²) in [6, 6.07) is 0. The number of ether oxygens (including phenoxy) is 3. The summed E-state index contributed by atoms with van der Waals surface area (Å²) in [4.78, 5) is 23.6. The fourth-order valence-corrected chi connectivity index (χ4v) is 3.48. The van der Waals surface area contributed by atoms with E-state index in [1.807, 2.05) is 0 Å². The Morgan fingerprint density at radius 2 is 1.34 bits per heavy atom. The molecule has 168 valence electrons. The van der Waals surface area contributed by atoms with E-state index in [2.05, 4.69) is 38.0 Å². The van der Waals surface area contributed by atoms with Crippen LogP contribution in [0.5, 0.6) is 0 Å². The van der Waals surface area contributed by atoms with Gasteiger partial charge in [-0.3, -0.25) is 9.59 Å². The molecule has 1 atom stereocenters. The van der Waals surface area contributed by atoms with Crippen LogP contribution in [0.2, 0.25) is 0 Å². The molecule has 0 aromatic carbocycles. The average molecular weight is 413 g/mol. The molecule has 1 rings (SSSR count). The summed E-state index contributed by atoms with van der Waals surface area (Å²) < 4.78 is 16.4. The first-order valence-corrected chi connectivity index (χ1v) is 10.7. The molecular formula is C22H40N2O5. The van der Waals surface area contributed by atoms with Gasteiger partial charge in [-0.2, -0.15) is 0 Å². The van der Waals surface area contributed by atoms with Gasteiger partial charge in [0.2, 0.25) is 11.8 Å². The predicted octanol–water partition coefficient (Wildman–Crippen LogP) is 2.45. The molecule has 1 aliphatic carbocycles. The Bertz CT molecular complexity index is 535. The van der Waals surface area contributed by atoms with Gasteiger partial charge in [0.15, 0.2) is 0 Å². The van der Waals surface area contributed by atoms with Crippen LogP contribution in [-0.2, 0) is 23.8 Å². The van der Waals surface area contributed by atoms with E-state index in [-0.39, 0.29) is 22.6 Å². The van der Waals surface area contributed by atoms with Crippen molar-refractivity contribution in [2.75, 3.05) is 52.7 Å². The highest BCUT2D eigenvalue weighted by Gasteiger charge is 2.64. The Morgan fingerprint density at radius 3 is 1.76 bits per heavy atom. The van der Waals surface area contributed by atoms with Crippen LogP contribution < -0.4 is 10.6 Å². The maximum absolute atomic E-state index is 12.3. The normalized spacial score (nSPS) is 19.6. The van der Waals surface area contributed by atoms with Crippen molar-refractivity contribution in [2.24, 2.45) is 10.8 Å². The van der Waals surface area contributed by atoms with Crippen LogP contribution in [0, 0.1) is 10.8 Å². The van der Waals surface area contributed by atoms with Gasteiger partial charge in [0.1, 0.15) is 0 Å². The largest absolute Gasteiger partial charge is 0.379 e. The third-order valence-corrected chi connectivity index (χ3v) is 5.59. The van der Waals surface area contributed by atoms with Crippen molar-refractivity contribution in [3.05, 3.63) is 12.2 Å². The molecule has 1 saturated carbocycles. The molecule has 0 bridgehead atoms. The second-order valence-electron chi connectivity index (χ2n) is 8.33. The minimum atomic E-state index is -0.164. The van der Waals surface area contributed by atoms with Gasteiger partial charge in [-0.1, -0.05) is 27.4 Å². The van der Waals surface area contributed by atoms with Crippen molar-refractivity contribution in [2.45, 2.75) is 53.4 Å². The molecule has 0 saturated heterocycles. The van der Waals surface area contributed by atoms with Gasteiger partial charge in [0, 0.05) is 31.9 Å². The minimum absolute atomic E-state index is 0.118. The second-order valence-corrected chi connectivity index (χ2v) is 8.33. The van der Waals surface area contributed by atoms with Crippen molar-refractivity contribution < 1.29 is 23.8 Å². The minimum Gasteiger partial charge on any atom is -0.379 e. The first-order chi connectivity index (χ1) is 13.8. The van der Waals surface area contributed by atoms with Gasteiger partial charge < -0.3 is 24.8 Å². The molecule has 1 fully saturated rings. The maximum Gasteiger partial charge on any atom is 0.246 e. The van der Waals surface area contributed by atoms with Crippen LogP contribution >= 0.6 is 0 Å². The average Bonchev–Trinajstić information content (AvgIpc) is 3.26. The van der Waals surface area contributed by atoms with E-state index in [0.717, 1.165) is 25.7 Å². The molecule has 2 N–H and O–H groups in total. The van der Waals surface area contributed by atoms with Gasteiger partial charge in [-0.25, -0.2) is 0 Å². The number of amides is 2. The van der Waals surface area contributed by atoms with Crippen LogP contribution in [0.4, 0.5) is 0 Å². The molecule has 0 aromatic rings. The smallest absolute Gasteiger partial charge is 0.246 e. The standard InChI is InChI=1S/C22H40N2O5/c1-6-22(17-21(22,4)5)20(26)24-10-8-12-28-14-16-29-15-13-27-11-7-9-23-19(25)18(2)3/h2,6-17H2,1,3-5H3,(H,23,25)(H,24,26). The molecule has 1 unspecified atom stereocenters. The third-order valence-electron chi connectivity index (χ3n) is 5.59. The molecule has 0 radical (unpaired) electrons.